The molecule has 0 saturated carbocycles. The first-order chi connectivity index (χ1) is 9.22. The van der Waals surface area contributed by atoms with Crippen molar-refractivity contribution < 1.29 is 18.0 Å². The lowest BCUT2D eigenvalue weighted by Crippen LogP contribution is -2.53. The van der Waals surface area contributed by atoms with E-state index in [1.807, 2.05) is 6.92 Å². The number of hydrogen-bond donors (Lipinski definition) is 1. The first-order valence-corrected chi connectivity index (χ1v) is 7.30. The fourth-order valence-corrected chi connectivity index (χ4v) is 2.94. The van der Waals surface area contributed by atoms with Crippen molar-refractivity contribution >= 4 is 5.91 Å². The SMILES string of the molecule is CCCC1(C(=O)N(CC(F)(F)F)C(C)C)CCNCC1. The number of hydrogen-bond acceptors (Lipinski definition) is 2. The molecule has 6 heteroatoms. The fraction of sp³-hybridized carbons (Fsp3) is 0.929. The number of halogens is 3. The standard InChI is InChI=1S/C14H25F3N2O/c1-4-5-13(6-8-18-9-7-13)12(20)19(11(2)3)10-14(15,16)17/h11,18H,4-10H2,1-3H3. The molecule has 118 valence electrons. The van der Waals surface area contributed by atoms with Crippen LogP contribution in [0.15, 0.2) is 0 Å². The Kier molecular flexibility index (Phi) is 5.86. The van der Waals surface area contributed by atoms with E-state index in [0.717, 1.165) is 11.3 Å². The van der Waals surface area contributed by atoms with Crippen molar-refractivity contribution in [3.8, 4) is 0 Å². The molecular weight excluding hydrogens is 269 g/mol. The smallest absolute Gasteiger partial charge is 0.331 e. The Morgan fingerprint density at radius 1 is 1.30 bits per heavy atom. The third-order valence-electron chi connectivity index (χ3n) is 3.98. The molecular formula is C14H25F3N2O. The van der Waals surface area contributed by atoms with E-state index in [0.29, 0.717) is 32.4 Å². The van der Waals surface area contributed by atoms with Crippen LogP contribution in [0.5, 0.6) is 0 Å². The predicted molar refractivity (Wildman–Crippen MR) is 72.3 cm³/mol. The van der Waals surface area contributed by atoms with Crippen LogP contribution in [0.25, 0.3) is 0 Å². The van der Waals surface area contributed by atoms with Gasteiger partial charge in [0.25, 0.3) is 0 Å². The lowest BCUT2D eigenvalue weighted by molar-refractivity contribution is -0.172. The second-order valence-corrected chi connectivity index (χ2v) is 5.92. The number of nitrogens with one attached hydrogen (secondary N) is 1. The van der Waals surface area contributed by atoms with Gasteiger partial charge in [-0.25, -0.2) is 0 Å². The average molecular weight is 294 g/mol. The quantitative estimate of drug-likeness (QED) is 0.845. The van der Waals surface area contributed by atoms with Crippen LogP contribution in [0.4, 0.5) is 13.2 Å². The normalized spacial score (nSPS) is 19.1. The topological polar surface area (TPSA) is 32.3 Å². The first-order valence-electron chi connectivity index (χ1n) is 7.30. The van der Waals surface area contributed by atoms with E-state index in [-0.39, 0.29) is 5.91 Å². The molecule has 1 fully saturated rings. The zero-order valence-electron chi connectivity index (χ0n) is 12.5. The summed E-state index contributed by atoms with van der Waals surface area (Å²) in [5.74, 6) is -0.326. The molecule has 0 radical (unpaired) electrons. The molecule has 0 aromatic rings. The second-order valence-electron chi connectivity index (χ2n) is 5.92. The van der Waals surface area contributed by atoms with Crippen molar-refractivity contribution in [3.63, 3.8) is 0 Å². The summed E-state index contributed by atoms with van der Waals surface area (Å²) in [4.78, 5) is 13.7. The Labute approximate surface area is 118 Å². The monoisotopic (exact) mass is 294 g/mol. The molecule has 1 amide bonds. The van der Waals surface area contributed by atoms with Gasteiger partial charge < -0.3 is 10.2 Å². The lowest BCUT2D eigenvalue weighted by atomic mass is 9.74. The Hall–Kier alpha value is -0.780. The number of amides is 1. The van der Waals surface area contributed by atoms with Crippen molar-refractivity contribution in [2.75, 3.05) is 19.6 Å². The highest BCUT2D eigenvalue weighted by molar-refractivity contribution is 5.83. The van der Waals surface area contributed by atoms with Gasteiger partial charge in [-0.05, 0) is 46.2 Å². The minimum Gasteiger partial charge on any atom is -0.331 e. The first kappa shape index (κ1) is 17.3. The van der Waals surface area contributed by atoms with Gasteiger partial charge in [0.15, 0.2) is 0 Å². The Balaban J connectivity index is 2.94. The summed E-state index contributed by atoms with van der Waals surface area (Å²) in [6.45, 7) is 5.51. The average Bonchev–Trinajstić information content (AvgIpc) is 2.35. The molecule has 0 aromatic heterocycles. The van der Waals surface area contributed by atoms with Crippen molar-refractivity contribution in [2.45, 2.75) is 58.7 Å². The van der Waals surface area contributed by atoms with Gasteiger partial charge in [-0.1, -0.05) is 13.3 Å². The number of rotatable bonds is 5. The van der Waals surface area contributed by atoms with E-state index in [9.17, 15) is 18.0 Å². The summed E-state index contributed by atoms with van der Waals surface area (Å²) in [6, 6.07) is -0.437. The second kappa shape index (κ2) is 6.78. The van der Waals surface area contributed by atoms with Gasteiger partial charge in [-0.15, -0.1) is 0 Å². The Morgan fingerprint density at radius 2 is 1.85 bits per heavy atom. The summed E-state index contributed by atoms with van der Waals surface area (Å²) in [5.41, 5.74) is -0.616. The number of nitrogens with zero attached hydrogens (tertiary/aromatic N) is 1. The maximum atomic E-state index is 12.7. The summed E-state index contributed by atoms with van der Waals surface area (Å²) in [5, 5.41) is 3.18. The van der Waals surface area contributed by atoms with E-state index in [1.54, 1.807) is 13.8 Å². The molecule has 3 nitrogen and oxygen atoms in total. The molecule has 0 bridgehead atoms. The molecule has 1 heterocycles. The molecule has 1 rings (SSSR count). The number of carbonyl (C=O) groups is 1. The van der Waals surface area contributed by atoms with E-state index < -0.39 is 24.2 Å². The highest BCUT2D eigenvalue weighted by Gasteiger charge is 2.44. The van der Waals surface area contributed by atoms with Gasteiger partial charge in [0.2, 0.25) is 5.91 Å². The van der Waals surface area contributed by atoms with E-state index >= 15 is 0 Å². The maximum absolute atomic E-state index is 12.7. The molecule has 0 atom stereocenters. The molecule has 1 saturated heterocycles. The Morgan fingerprint density at radius 3 is 2.25 bits per heavy atom. The number of carbonyl (C=O) groups excluding carboxylic acids is 1. The number of alkyl halides is 3. The van der Waals surface area contributed by atoms with Crippen molar-refractivity contribution in [1.82, 2.24) is 10.2 Å². The van der Waals surface area contributed by atoms with Gasteiger partial charge in [0, 0.05) is 6.04 Å². The molecule has 20 heavy (non-hydrogen) atoms. The van der Waals surface area contributed by atoms with Crippen LogP contribution >= 0.6 is 0 Å². The molecule has 0 aliphatic carbocycles. The zero-order valence-corrected chi connectivity index (χ0v) is 12.5. The Bertz CT molecular complexity index is 317. The fourth-order valence-electron chi connectivity index (χ4n) is 2.94. The van der Waals surface area contributed by atoms with Crippen molar-refractivity contribution in [3.05, 3.63) is 0 Å². The highest BCUT2D eigenvalue weighted by Crippen LogP contribution is 2.37. The zero-order chi connectivity index (χ0) is 15.4. The van der Waals surface area contributed by atoms with Gasteiger partial charge in [-0.2, -0.15) is 13.2 Å². The van der Waals surface area contributed by atoms with Crippen LogP contribution in [0.2, 0.25) is 0 Å². The van der Waals surface area contributed by atoms with Crippen molar-refractivity contribution in [2.24, 2.45) is 5.41 Å². The van der Waals surface area contributed by atoms with Gasteiger partial charge in [0.05, 0.1) is 5.41 Å². The van der Waals surface area contributed by atoms with Crippen LogP contribution < -0.4 is 5.32 Å². The maximum Gasteiger partial charge on any atom is 0.406 e. The van der Waals surface area contributed by atoms with Crippen LogP contribution in [0.3, 0.4) is 0 Å². The van der Waals surface area contributed by atoms with Crippen LogP contribution in [-0.2, 0) is 4.79 Å². The summed E-state index contributed by atoms with van der Waals surface area (Å²) in [6.07, 6.45) is -1.62. The van der Waals surface area contributed by atoms with Crippen LogP contribution in [0, 0.1) is 5.41 Å². The lowest BCUT2D eigenvalue weighted by Gasteiger charge is -2.41. The predicted octanol–water partition coefficient (Wildman–Crippen LogP) is 2.96. The van der Waals surface area contributed by atoms with Gasteiger partial charge in [0.1, 0.15) is 6.54 Å². The van der Waals surface area contributed by atoms with Crippen LogP contribution in [0.1, 0.15) is 46.5 Å². The molecule has 1 aliphatic heterocycles. The molecule has 1 aliphatic rings. The highest BCUT2D eigenvalue weighted by atomic mass is 19.4. The van der Waals surface area contributed by atoms with Gasteiger partial charge >= 0.3 is 6.18 Å². The molecule has 0 unspecified atom stereocenters. The van der Waals surface area contributed by atoms with Crippen LogP contribution in [-0.4, -0.2) is 42.7 Å². The van der Waals surface area contributed by atoms with E-state index in [4.69, 9.17) is 0 Å². The third kappa shape index (κ3) is 4.36. The van der Waals surface area contributed by atoms with E-state index in [2.05, 4.69) is 5.32 Å². The van der Waals surface area contributed by atoms with E-state index in [1.165, 1.54) is 0 Å². The summed E-state index contributed by atoms with van der Waals surface area (Å²) >= 11 is 0. The summed E-state index contributed by atoms with van der Waals surface area (Å²) < 4.78 is 38.1. The third-order valence-corrected chi connectivity index (χ3v) is 3.98. The minimum atomic E-state index is -4.35. The van der Waals surface area contributed by atoms with Gasteiger partial charge in [-0.3, -0.25) is 4.79 Å². The largest absolute Gasteiger partial charge is 0.406 e. The summed E-state index contributed by atoms with van der Waals surface area (Å²) in [7, 11) is 0. The molecule has 0 spiro atoms. The molecule has 1 N–H and O–H groups in total. The minimum absolute atomic E-state index is 0.326. The molecule has 0 aromatic carbocycles. The number of piperidine rings is 1. The van der Waals surface area contributed by atoms with Crippen molar-refractivity contribution in [1.29, 1.82) is 0 Å².